The van der Waals surface area contributed by atoms with E-state index in [9.17, 15) is 0 Å². The summed E-state index contributed by atoms with van der Waals surface area (Å²) in [7, 11) is 1.84. The third kappa shape index (κ3) is 3.39. The molecule has 0 amide bonds. The largest absolute Gasteiger partial charge is 0.373 e. The Hall–Kier alpha value is -1.52. The molecule has 0 saturated heterocycles. The summed E-state index contributed by atoms with van der Waals surface area (Å²) < 4.78 is 0. The highest BCUT2D eigenvalue weighted by molar-refractivity contribution is 6.35. The smallest absolute Gasteiger partial charge is 0.139 e. The van der Waals surface area contributed by atoms with Gasteiger partial charge in [0.15, 0.2) is 0 Å². The average Bonchev–Trinajstić information content (AvgIpc) is 2.44. The number of benzene rings is 1. The van der Waals surface area contributed by atoms with Crippen LogP contribution in [0.4, 0.5) is 17.3 Å². The van der Waals surface area contributed by atoms with Gasteiger partial charge in [0.05, 0.1) is 10.7 Å². The SMILES string of the molecule is CNc1ncnc(Nc2cc(Cl)c(C)cc2Cl)c1C(C)C. The van der Waals surface area contributed by atoms with Crippen LogP contribution in [0.2, 0.25) is 10.0 Å². The molecule has 0 spiro atoms. The number of hydrogen-bond donors (Lipinski definition) is 2. The molecular weight excluding hydrogens is 307 g/mol. The van der Waals surface area contributed by atoms with E-state index >= 15 is 0 Å². The molecule has 0 aliphatic heterocycles. The van der Waals surface area contributed by atoms with Gasteiger partial charge in [0.25, 0.3) is 0 Å². The van der Waals surface area contributed by atoms with Gasteiger partial charge < -0.3 is 10.6 Å². The van der Waals surface area contributed by atoms with Crippen LogP contribution in [0.5, 0.6) is 0 Å². The van der Waals surface area contributed by atoms with E-state index in [-0.39, 0.29) is 5.92 Å². The Morgan fingerprint density at radius 2 is 1.71 bits per heavy atom. The Morgan fingerprint density at radius 1 is 1.05 bits per heavy atom. The normalized spacial score (nSPS) is 10.8. The van der Waals surface area contributed by atoms with Crippen molar-refractivity contribution in [3.8, 4) is 0 Å². The van der Waals surface area contributed by atoms with Crippen molar-refractivity contribution >= 4 is 40.5 Å². The third-order valence-electron chi connectivity index (χ3n) is 3.20. The number of aryl methyl sites for hydroxylation is 1. The minimum absolute atomic E-state index is 0.260. The summed E-state index contributed by atoms with van der Waals surface area (Å²) in [5.41, 5.74) is 2.68. The number of nitrogens with zero attached hydrogens (tertiary/aromatic N) is 2. The standard InChI is InChI=1S/C15H18Cl2N4/c1-8(2)13-14(18-4)19-7-20-15(13)21-12-6-10(16)9(3)5-11(12)17/h5-8H,1-4H3,(H2,18,19,20,21). The molecular formula is C15H18Cl2N4. The van der Waals surface area contributed by atoms with Crippen molar-refractivity contribution in [1.29, 1.82) is 0 Å². The first-order valence-electron chi connectivity index (χ1n) is 6.69. The molecule has 0 atom stereocenters. The van der Waals surface area contributed by atoms with Crippen LogP contribution in [-0.4, -0.2) is 17.0 Å². The monoisotopic (exact) mass is 324 g/mol. The molecule has 0 unspecified atom stereocenters. The lowest BCUT2D eigenvalue weighted by molar-refractivity contribution is 0.852. The molecule has 6 heteroatoms. The Balaban J connectivity index is 2.47. The lowest BCUT2D eigenvalue weighted by Gasteiger charge is -2.17. The highest BCUT2D eigenvalue weighted by Gasteiger charge is 2.15. The molecule has 0 saturated carbocycles. The van der Waals surface area contributed by atoms with Gasteiger partial charge in [0.2, 0.25) is 0 Å². The molecule has 0 radical (unpaired) electrons. The first kappa shape index (κ1) is 15.9. The van der Waals surface area contributed by atoms with Crippen molar-refractivity contribution < 1.29 is 0 Å². The third-order valence-corrected chi connectivity index (χ3v) is 3.92. The maximum Gasteiger partial charge on any atom is 0.139 e. The van der Waals surface area contributed by atoms with E-state index < -0.39 is 0 Å². The fourth-order valence-corrected chi connectivity index (χ4v) is 2.54. The Bertz CT molecular complexity index is 656. The number of nitrogens with one attached hydrogen (secondary N) is 2. The Labute approximate surface area is 134 Å². The van der Waals surface area contributed by atoms with E-state index in [2.05, 4.69) is 34.4 Å². The first-order valence-corrected chi connectivity index (χ1v) is 7.45. The van der Waals surface area contributed by atoms with Gasteiger partial charge in [-0.25, -0.2) is 9.97 Å². The van der Waals surface area contributed by atoms with Gasteiger partial charge in [-0.15, -0.1) is 0 Å². The molecule has 0 fully saturated rings. The molecule has 2 N–H and O–H groups in total. The summed E-state index contributed by atoms with van der Waals surface area (Å²) in [5.74, 6) is 1.79. The molecule has 4 nitrogen and oxygen atoms in total. The van der Waals surface area contributed by atoms with Gasteiger partial charge in [-0.05, 0) is 30.5 Å². The molecule has 1 aromatic heterocycles. The zero-order valence-electron chi connectivity index (χ0n) is 12.5. The van der Waals surface area contributed by atoms with Gasteiger partial charge in [0, 0.05) is 17.6 Å². The fraction of sp³-hybridized carbons (Fsp3) is 0.333. The molecule has 112 valence electrons. The van der Waals surface area contributed by atoms with Crippen LogP contribution in [0.15, 0.2) is 18.5 Å². The quantitative estimate of drug-likeness (QED) is 0.830. The van der Waals surface area contributed by atoms with Crippen LogP contribution in [-0.2, 0) is 0 Å². The van der Waals surface area contributed by atoms with E-state index in [4.69, 9.17) is 23.2 Å². The molecule has 1 heterocycles. The summed E-state index contributed by atoms with van der Waals surface area (Å²) in [6.45, 7) is 6.10. The van der Waals surface area contributed by atoms with Crippen LogP contribution >= 0.6 is 23.2 Å². The summed E-state index contributed by atoms with van der Waals surface area (Å²) in [6, 6.07) is 3.64. The minimum Gasteiger partial charge on any atom is -0.373 e. The highest BCUT2D eigenvalue weighted by Crippen LogP contribution is 2.34. The first-order chi connectivity index (χ1) is 9.93. The van der Waals surface area contributed by atoms with Crippen molar-refractivity contribution in [2.45, 2.75) is 26.7 Å². The average molecular weight is 325 g/mol. The van der Waals surface area contributed by atoms with Crippen LogP contribution in [0, 0.1) is 6.92 Å². The topological polar surface area (TPSA) is 49.8 Å². The van der Waals surface area contributed by atoms with Crippen LogP contribution in [0.25, 0.3) is 0 Å². The lowest BCUT2D eigenvalue weighted by atomic mass is 10.0. The van der Waals surface area contributed by atoms with E-state index in [1.807, 2.05) is 26.1 Å². The zero-order chi connectivity index (χ0) is 15.6. The number of aromatic nitrogens is 2. The van der Waals surface area contributed by atoms with Gasteiger partial charge in [-0.1, -0.05) is 37.0 Å². The summed E-state index contributed by atoms with van der Waals surface area (Å²) in [5, 5.41) is 7.62. The molecule has 0 aliphatic carbocycles. The summed E-state index contributed by atoms with van der Waals surface area (Å²) in [4.78, 5) is 8.59. The zero-order valence-corrected chi connectivity index (χ0v) is 14.0. The van der Waals surface area contributed by atoms with Crippen molar-refractivity contribution in [3.05, 3.63) is 39.6 Å². The molecule has 0 aliphatic rings. The number of rotatable bonds is 4. The Kier molecular flexibility index (Phi) is 4.91. The van der Waals surface area contributed by atoms with Gasteiger partial charge >= 0.3 is 0 Å². The van der Waals surface area contributed by atoms with Crippen molar-refractivity contribution in [2.75, 3.05) is 17.7 Å². The fourth-order valence-electron chi connectivity index (χ4n) is 2.11. The highest BCUT2D eigenvalue weighted by atomic mass is 35.5. The van der Waals surface area contributed by atoms with Gasteiger partial charge in [-0.2, -0.15) is 0 Å². The predicted molar refractivity (Wildman–Crippen MR) is 90.1 cm³/mol. The van der Waals surface area contributed by atoms with Gasteiger partial charge in [0.1, 0.15) is 18.0 Å². The molecule has 1 aromatic carbocycles. The van der Waals surface area contributed by atoms with Crippen LogP contribution in [0.3, 0.4) is 0 Å². The molecule has 2 rings (SSSR count). The second-order valence-corrected chi connectivity index (χ2v) is 5.91. The predicted octanol–water partition coefficient (Wildman–Crippen LogP) is 5.00. The van der Waals surface area contributed by atoms with E-state index in [1.165, 1.54) is 6.33 Å². The molecule has 2 aromatic rings. The maximum absolute atomic E-state index is 6.28. The summed E-state index contributed by atoms with van der Waals surface area (Å²) >= 11 is 12.4. The number of anilines is 3. The van der Waals surface area contributed by atoms with E-state index in [0.29, 0.717) is 10.0 Å². The van der Waals surface area contributed by atoms with Crippen LogP contribution in [0.1, 0.15) is 30.9 Å². The Morgan fingerprint density at radius 3 is 2.33 bits per heavy atom. The van der Waals surface area contributed by atoms with E-state index in [1.54, 1.807) is 0 Å². The van der Waals surface area contributed by atoms with Crippen molar-refractivity contribution in [2.24, 2.45) is 0 Å². The maximum atomic E-state index is 6.28. The number of halogens is 2. The summed E-state index contributed by atoms with van der Waals surface area (Å²) in [6.07, 6.45) is 1.52. The molecule has 21 heavy (non-hydrogen) atoms. The second kappa shape index (κ2) is 6.50. The number of hydrogen-bond acceptors (Lipinski definition) is 4. The lowest BCUT2D eigenvalue weighted by Crippen LogP contribution is -2.07. The second-order valence-electron chi connectivity index (χ2n) is 5.10. The van der Waals surface area contributed by atoms with Crippen molar-refractivity contribution in [1.82, 2.24) is 9.97 Å². The van der Waals surface area contributed by atoms with Crippen LogP contribution < -0.4 is 10.6 Å². The van der Waals surface area contributed by atoms with Gasteiger partial charge in [-0.3, -0.25) is 0 Å². The minimum atomic E-state index is 0.260. The molecule has 0 bridgehead atoms. The van der Waals surface area contributed by atoms with Crippen molar-refractivity contribution in [3.63, 3.8) is 0 Å². The van der Waals surface area contributed by atoms with E-state index in [0.717, 1.165) is 28.5 Å².